The van der Waals surface area contributed by atoms with Crippen LogP contribution in [0.1, 0.15) is 60.3 Å². The Labute approximate surface area is 187 Å². The molecule has 0 bridgehead atoms. The summed E-state index contributed by atoms with van der Waals surface area (Å²) < 4.78 is 38.4. The summed E-state index contributed by atoms with van der Waals surface area (Å²) in [6, 6.07) is 0. The van der Waals surface area contributed by atoms with Gasteiger partial charge in [0.15, 0.2) is 22.8 Å². The largest absolute Gasteiger partial charge is 0.450 e. The summed E-state index contributed by atoms with van der Waals surface area (Å²) in [6.07, 6.45) is 0.869. The minimum absolute atomic E-state index is 0.0627. The minimum Gasteiger partial charge on any atom is -0.450 e. The van der Waals surface area contributed by atoms with Crippen LogP contribution in [-0.4, -0.2) is 46.2 Å². The standard InChI is InChI=1S/C25H32F2O5/c1-6-21(31)32-25(14(3)28)13(2)9-16-17-11-19(26)18-10-15(29)7-8-22(18,4)24(17,27)20(30)12-23(16,25)5/h7-8,10,13,16-17,19-20,30H,6,9,11-12H2,1-5H3/t13-,16+,17+,19+,20+,22+,23+,24+,25+/m1/s1. The Kier molecular flexibility index (Phi) is 5.13. The first-order valence-corrected chi connectivity index (χ1v) is 11.5. The van der Waals surface area contributed by atoms with E-state index in [1.807, 2.05) is 6.92 Å². The Morgan fingerprint density at radius 3 is 2.50 bits per heavy atom. The number of hydrogen-bond donors (Lipinski definition) is 1. The normalized spacial score (nSPS) is 49.6. The first kappa shape index (κ1) is 23.3. The summed E-state index contributed by atoms with van der Waals surface area (Å²) in [6.45, 7) is 8.13. The lowest BCUT2D eigenvalue weighted by Crippen LogP contribution is -2.70. The molecule has 0 amide bonds. The van der Waals surface area contributed by atoms with Crippen molar-refractivity contribution in [3.8, 4) is 0 Å². The molecule has 3 saturated carbocycles. The SMILES string of the molecule is CCC(=O)O[C@]1(C(C)=O)[C@H](C)C[C@H]2[C@@H]3C[C@H](F)C4=CC(=O)C=C[C@]4(C)[C@@]3(F)[C@@H](O)C[C@@]21C. The monoisotopic (exact) mass is 450 g/mol. The van der Waals surface area contributed by atoms with Crippen LogP contribution in [0.4, 0.5) is 8.78 Å². The van der Waals surface area contributed by atoms with Crippen LogP contribution in [0.15, 0.2) is 23.8 Å². The van der Waals surface area contributed by atoms with E-state index in [9.17, 15) is 19.5 Å². The smallest absolute Gasteiger partial charge is 0.306 e. The predicted octanol–water partition coefficient (Wildman–Crippen LogP) is 3.83. The second-order valence-electron chi connectivity index (χ2n) is 10.6. The van der Waals surface area contributed by atoms with Crippen LogP contribution in [0.5, 0.6) is 0 Å². The topological polar surface area (TPSA) is 80.7 Å². The van der Waals surface area contributed by atoms with Gasteiger partial charge in [-0.15, -0.1) is 0 Å². The number of esters is 1. The molecule has 176 valence electrons. The fourth-order valence-corrected chi connectivity index (χ4v) is 7.81. The highest BCUT2D eigenvalue weighted by atomic mass is 19.1. The van der Waals surface area contributed by atoms with Crippen molar-refractivity contribution in [1.29, 1.82) is 0 Å². The Morgan fingerprint density at radius 2 is 1.91 bits per heavy atom. The molecule has 3 fully saturated rings. The van der Waals surface area contributed by atoms with Crippen molar-refractivity contribution in [2.45, 2.75) is 83.8 Å². The molecule has 0 aliphatic heterocycles. The van der Waals surface area contributed by atoms with Crippen LogP contribution < -0.4 is 0 Å². The van der Waals surface area contributed by atoms with Gasteiger partial charge in [-0.3, -0.25) is 14.4 Å². The number of ketones is 2. The molecule has 32 heavy (non-hydrogen) atoms. The second kappa shape index (κ2) is 7.05. The quantitative estimate of drug-likeness (QED) is 0.661. The summed E-state index contributed by atoms with van der Waals surface area (Å²) in [7, 11) is 0. The van der Waals surface area contributed by atoms with Crippen molar-refractivity contribution >= 4 is 17.5 Å². The minimum atomic E-state index is -2.22. The zero-order valence-corrected chi connectivity index (χ0v) is 19.3. The number of aliphatic hydroxyl groups is 1. The molecular formula is C25H32F2O5. The van der Waals surface area contributed by atoms with Crippen molar-refractivity contribution in [2.75, 3.05) is 0 Å². The maximum Gasteiger partial charge on any atom is 0.306 e. The molecule has 0 spiro atoms. The number of allylic oxidation sites excluding steroid dienone is 4. The van der Waals surface area contributed by atoms with Crippen molar-refractivity contribution in [2.24, 2.45) is 28.6 Å². The molecule has 0 saturated heterocycles. The van der Waals surface area contributed by atoms with Gasteiger partial charge in [-0.25, -0.2) is 8.78 Å². The third kappa shape index (κ3) is 2.54. The number of ether oxygens (including phenoxy) is 1. The van der Waals surface area contributed by atoms with Gasteiger partial charge in [0.05, 0.1) is 6.10 Å². The number of rotatable bonds is 3. The number of carbonyl (C=O) groups excluding carboxylic acids is 3. The van der Waals surface area contributed by atoms with Crippen LogP contribution in [0.25, 0.3) is 0 Å². The summed E-state index contributed by atoms with van der Waals surface area (Å²) >= 11 is 0. The van der Waals surface area contributed by atoms with E-state index in [0.29, 0.717) is 6.42 Å². The third-order valence-corrected chi connectivity index (χ3v) is 9.26. The van der Waals surface area contributed by atoms with Crippen LogP contribution in [0.3, 0.4) is 0 Å². The van der Waals surface area contributed by atoms with E-state index >= 15 is 8.78 Å². The summed E-state index contributed by atoms with van der Waals surface area (Å²) in [4.78, 5) is 37.3. The van der Waals surface area contributed by atoms with Gasteiger partial charge in [0.25, 0.3) is 0 Å². The van der Waals surface area contributed by atoms with Gasteiger partial charge in [-0.1, -0.05) is 26.8 Å². The van der Waals surface area contributed by atoms with Crippen LogP contribution in [0, 0.1) is 28.6 Å². The average Bonchev–Trinajstić information content (AvgIpc) is 2.93. The van der Waals surface area contributed by atoms with Gasteiger partial charge >= 0.3 is 5.97 Å². The molecule has 0 radical (unpaired) electrons. The predicted molar refractivity (Wildman–Crippen MR) is 113 cm³/mol. The molecule has 4 aliphatic carbocycles. The number of alkyl halides is 2. The zero-order valence-electron chi connectivity index (χ0n) is 19.3. The molecule has 4 aliphatic rings. The highest BCUT2D eigenvalue weighted by Crippen LogP contribution is 2.71. The number of carbonyl (C=O) groups is 3. The van der Waals surface area contributed by atoms with Gasteiger partial charge in [-0.05, 0) is 56.8 Å². The van der Waals surface area contributed by atoms with Gasteiger partial charge in [0, 0.05) is 29.1 Å². The van der Waals surface area contributed by atoms with E-state index in [2.05, 4.69) is 0 Å². The van der Waals surface area contributed by atoms with Crippen LogP contribution in [-0.2, 0) is 19.1 Å². The molecule has 5 nitrogen and oxygen atoms in total. The van der Waals surface area contributed by atoms with E-state index in [-0.39, 0.29) is 30.6 Å². The number of aliphatic hydroxyl groups excluding tert-OH is 1. The Morgan fingerprint density at radius 1 is 1.25 bits per heavy atom. The van der Waals surface area contributed by atoms with E-state index < -0.39 is 63.9 Å². The fourth-order valence-electron chi connectivity index (χ4n) is 7.81. The first-order valence-electron chi connectivity index (χ1n) is 11.5. The average molecular weight is 451 g/mol. The molecule has 9 atom stereocenters. The molecular weight excluding hydrogens is 418 g/mol. The van der Waals surface area contributed by atoms with Crippen molar-refractivity contribution < 1.29 is 33.0 Å². The zero-order chi connectivity index (χ0) is 23.9. The Hall–Kier alpha value is -1.89. The number of Topliss-reactive ketones (excluding diaryl/α,β-unsaturated/α-hetero) is 1. The summed E-state index contributed by atoms with van der Waals surface area (Å²) in [5.74, 6) is -3.06. The number of hydrogen-bond acceptors (Lipinski definition) is 5. The van der Waals surface area contributed by atoms with Crippen molar-refractivity contribution in [3.05, 3.63) is 23.8 Å². The van der Waals surface area contributed by atoms with E-state index in [1.54, 1.807) is 20.8 Å². The molecule has 4 rings (SSSR count). The molecule has 1 N–H and O–H groups in total. The van der Waals surface area contributed by atoms with Gasteiger partial charge in [0.1, 0.15) is 6.17 Å². The maximum atomic E-state index is 17.1. The Bertz CT molecular complexity index is 943. The molecule has 0 unspecified atom stereocenters. The molecule has 7 heteroatoms. The van der Waals surface area contributed by atoms with Crippen molar-refractivity contribution in [1.82, 2.24) is 0 Å². The lowest BCUT2D eigenvalue weighted by Gasteiger charge is -2.63. The lowest BCUT2D eigenvalue weighted by atomic mass is 9.44. The summed E-state index contributed by atoms with van der Waals surface area (Å²) in [5.41, 5.74) is -6.19. The molecule has 0 aromatic heterocycles. The number of fused-ring (bicyclic) bond motifs is 5. The van der Waals surface area contributed by atoms with Gasteiger partial charge in [0.2, 0.25) is 0 Å². The summed E-state index contributed by atoms with van der Waals surface area (Å²) in [5, 5.41) is 11.3. The van der Waals surface area contributed by atoms with Gasteiger partial charge in [-0.2, -0.15) is 0 Å². The fraction of sp³-hybridized carbons (Fsp3) is 0.720. The number of halogens is 2. The highest BCUT2D eigenvalue weighted by Gasteiger charge is 2.77. The van der Waals surface area contributed by atoms with E-state index in [4.69, 9.17) is 4.74 Å². The van der Waals surface area contributed by atoms with Gasteiger partial charge < -0.3 is 9.84 Å². The highest BCUT2D eigenvalue weighted by molar-refractivity contribution is 6.01. The van der Waals surface area contributed by atoms with E-state index in [1.165, 1.54) is 19.1 Å². The first-order chi connectivity index (χ1) is 14.8. The van der Waals surface area contributed by atoms with E-state index in [0.717, 1.165) is 6.08 Å². The van der Waals surface area contributed by atoms with Crippen molar-refractivity contribution in [3.63, 3.8) is 0 Å². The van der Waals surface area contributed by atoms with Crippen LogP contribution in [0.2, 0.25) is 0 Å². The molecule has 0 aromatic rings. The molecule has 0 heterocycles. The molecule has 0 aromatic carbocycles. The second-order valence-corrected chi connectivity index (χ2v) is 10.6. The maximum absolute atomic E-state index is 17.1. The Balaban J connectivity index is 1.87. The van der Waals surface area contributed by atoms with Crippen LogP contribution >= 0.6 is 0 Å². The lowest BCUT2D eigenvalue weighted by molar-refractivity contribution is -0.230. The third-order valence-electron chi connectivity index (χ3n) is 9.26.